The van der Waals surface area contributed by atoms with Crippen molar-refractivity contribution in [2.75, 3.05) is 25.4 Å². The molecule has 1 aliphatic heterocycles. The molecule has 1 aromatic heterocycles. The summed E-state index contributed by atoms with van der Waals surface area (Å²) in [6, 6.07) is 3.78. The topological polar surface area (TPSA) is 62.4 Å². The lowest BCUT2D eigenvalue weighted by molar-refractivity contribution is -0.0194. The van der Waals surface area contributed by atoms with Gasteiger partial charge in [0.2, 0.25) is 0 Å². The molecular weight excluding hydrogens is 214 g/mol. The first kappa shape index (κ1) is 12.3. The third kappa shape index (κ3) is 3.17. The van der Waals surface area contributed by atoms with Crippen LogP contribution in [0.1, 0.15) is 25.3 Å². The van der Waals surface area contributed by atoms with E-state index in [9.17, 15) is 5.11 Å². The van der Waals surface area contributed by atoms with E-state index in [1.165, 1.54) is 0 Å². The molecular formula is C13H21N3O. The molecule has 0 unspecified atom stereocenters. The number of nitrogens with two attached hydrogens (primary N) is 1. The fourth-order valence-corrected chi connectivity index (χ4v) is 2.45. The summed E-state index contributed by atoms with van der Waals surface area (Å²) in [5, 5.41) is 10.5. The van der Waals surface area contributed by atoms with Gasteiger partial charge in [-0.1, -0.05) is 6.92 Å². The normalized spacial score (nSPS) is 20.4. The van der Waals surface area contributed by atoms with Crippen molar-refractivity contribution < 1.29 is 5.11 Å². The molecule has 94 valence electrons. The van der Waals surface area contributed by atoms with Crippen LogP contribution in [0.15, 0.2) is 18.3 Å². The fraction of sp³-hybridized carbons (Fsp3) is 0.615. The molecule has 1 fully saturated rings. The molecule has 4 heteroatoms. The second kappa shape index (κ2) is 5.02. The number of aromatic nitrogens is 1. The summed E-state index contributed by atoms with van der Waals surface area (Å²) in [6.07, 6.45) is 4.05. The number of pyridine rings is 1. The van der Waals surface area contributed by atoms with Gasteiger partial charge in [0.1, 0.15) is 5.82 Å². The van der Waals surface area contributed by atoms with E-state index in [-0.39, 0.29) is 0 Å². The average Bonchev–Trinajstić information content (AvgIpc) is 2.29. The molecule has 0 aliphatic carbocycles. The summed E-state index contributed by atoms with van der Waals surface area (Å²) in [5.74, 6) is 0.525. The summed E-state index contributed by atoms with van der Waals surface area (Å²) < 4.78 is 0. The first-order chi connectivity index (χ1) is 8.11. The van der Waals surface area contributed by atoms with E-state index in [4.69, 9.17) is 5.73 Å². The van der Waals surface area contributed by atoms with Gasteiger partial charge in [0, 0.05) is 25.7 Å². The Labute approximate surface area is 102 Å². The van der Waals surface area contributed by atoms with Crippen LogP contribution in [0.4, 0.5) is 5.82 Å². The number of piperidine rings is 1. The second-order valence-electron chi connectivity index (χ2n) is 4.92. The van der Waals surface area contributed by atoms with Gasteiger partial charge in [0.15, 0.2) is 0 Å². The van der Waals surface area contributed by atoms with Crippen LogP contribution in [0.5, 0.6) is 0 Å². The Morgan fingerprint density at radius 3 is 2.76 bits per heavy atom. The summed E-state index contributed by atoms with van der Waals surface area (Å²) in [6.45, 7) is 5.19. The molecule has 1 aromatic rings. The van der Waals surface area contributed by atoms with Gasteiger partial charge in [0.25, 0.3) is 0 Å². The van der Waals surface area contributed by atoms with Crippen LogP contribution in [-0.4, -0.2) is 40.2 Å². The molecule has 0 amide bonds. The van der Waals surface area contributed by atoms with Crippen molar-refractivity contribution in [3.63, 3.8) is 0 Å². The highest BCUT2D eigenvalue weighted by molar-refractivity contribution is 5.32. The average molecular weight is 235 g/mol. The highest BCUT2D eigenvalue weighted by Crippen LogP contribution is 2.26. The first-order valence-corrected chi connectivity index (χ1v) is 6.26. The number of aliphatic hydroxyl groups is 1. The Balaban J connectivity index is 1.99. The number of hydrogen-bond donors (Lipinski definition) is 2. The molecule has 2 rings (SSSR count). The molecule has 0 atom stereocenters. The van der Waals surface area contributed by atoms with Gasteiger partial charge in [0.05, 0.1) is 5.60 Å². The number of anilines is 1. The van der Waals surface area contributed by atoms with Crippen LogP contribution in [0, 0.1) is 0 Å². The van der Waals surface area contributed by atoms with Crippen molar-refractivity contribution in [3.05, 3.63) is 23.9 Å². The Kier molecular flexibility index (Phi) is 3.64. The van der Waals surface area contributed by atoms with Gasteiger partial charge in [-0.25, -0.2) is 4.98 Å². The minimum Gasteiger partial charge on any atom is -0.389 e. The molecule has 4 nitrogen and oxygen atoms in total. The number of nitrogen functional groups attached to an aromatic ring is 1. The van der Waals surface area contributed by atoms with Crippen molar-refractivity contribution in [1.82, 2.24) is 9.88 Å². The van der Waals surface area contributed by atoms with Crippen LogP contribution < -0.4 is 5.73 Å². The highest BCUT2D eigenvalue weighted by atomic mass is 16.3. The van der Waals surface area contributed by atoms with E-state index >= 15 is 0 Å². The molecule has 0 spiro atoms. The van der Waals surface area contributed by atoms with E-state index in [1.807, 2.05) is 12.1 Å². The summed E-state index contributed by atoms with van der Waals surface area (Å²) in [4.78, 5) is 6.34. The first-order valence-electron chi connectivity index (χ1n) is 6.26. The maximum Gasteiger partial charge on any atom is 0.123 e. The zero-order valence-corrected chi connectivity index (χ0v) is 10.4. The van der Waals surface area contributed by atoms with E-state index in [0.29, 0.717) is 12.2 Å². The maximum absolute atomic E-state index is 10.5. The fourth-order valence-electron chi connectivity index (χ4n) is 2.45. The van der Waals surface area contributed by atoms with Crippen molar-refractivity contribution in [2.24, 2.45) is 0 Å². The van der Waals surface area contributed by atoms with Crippen LogP contribution in [0.2, 0.25) is 0 Å². The zero-order valence-electron chi connectivity index (χ0n) is 10.4. The van der Waals surface area contributed by atoms with Crippen LogP contribution in [0.25, 0.3) is 0 Å². The molecule has 1 aliphatic rings. The van der Waals surface area contributed by atoms with Crippen molar-refractivity contribution in [3.8, 4) is 0 Å². The van der Waals surface area contributed by atoms with Crippen molar-refractivity contribution in [2.45, 2.75) is 31.8 Å². The zero-order chi connectivity index (χ0) is 12.3. The smallest absolute Gasteiger partial charge is 0.123 e. The Morgan fingerprint density at radius 1 is 1.47 bits per heavy atom. The number of likely N-dealkylation sites (tertiary alicyclic amines) is 1. The van der Waals surface area contributed by atoms with Gasteiger partial charge in [-0.15, -0.1) is 0 Å². The third-order valence-electron chi connectivity index (χ3n) is 3.61. The molecule has 0 radical (unpaired) electrons. The van der Waals surface area contributed by atoms with E-state index in [2.05, 4.69) is 16.8 Å². The predicted molar refractivity (Wildman–Crippen MR) is 68.7 cm³/mol. The van der Waals surface area contributed by atoms with E-state index in [0.717, 1.165) is 38.0 Å². The maximum atomic E-state index is 10.5. The Hall–Kier alpha value is -1.13. The predicted octanol–water partition coefficient (Wildman–Crippen LogP) is 1.05. The molecule has 1 saturated heterocycles. The Bertz CT molecular complexity index is 373. The van der Waals surface area contributed by atoms with E-state index < -0.39 is 5.60 Å². The molecule has 0 saturated carbocycles. The van der Waals surface area contributed by atoms with Gasteiger partial charge in [-0.2, -0.15) is 0 Å². The number of hydrogen-bond acceptors (Lipinski definition) is 4. The molecule has 3 N–H and O–H groups in total. The van der Waals surface area contributed by atoms with E-state index in [1.54, 1.807) is 6.20 Å². The minimum atomic E-state index is -0.570. The van der Waals surface area contributed by atoms with Crippen LogP contribution in [-0.2, 0) is 6.42 Å². The SMILES string of the molecule is CCN1CCC(O)(Cc2ccnc(N)c2)CC1. The Morgan fingerprint density at radius 2 is 2.18 bits per heavy atom. The lowest BCUT2D eigenvalue weighted by Crippen LogP contribution is -2.45. The van der Waals surface area contributed by atoms with Crippen LogP contribution >= 0.6 is 0 Å². The number of nitrogens with zero attached hydrogens (tertiary/aromatic N) is 2. The van der Waals surface area contributed by atoms with Crippen molar-refractivity contribution >= 4 is 5.82 Å². The van der Waals surface area contributed by atoms with Gasteiger partial charge < -0.3 is 15.7 Å². The lowest BCUT2D eigenvalue weighted by Gasteiger charge is -2.37. The van der Waals surface area contributed by atoms with Gasteiger partial charge >= 0.3 is 0 Å². The molecule has 2 heterocycles. The third-order valence-corrected chi connectivity index (χ3v) is 3.61. The van der Waals surface area contributed by atoms with Crippen LogP contribution in [0.3, 0.4) is 0 Å². The van der Waals surface area contributed by atoms with Gasteiger partial charge in [-0.3, -0.25) is 0 Å². The molecule has 0 bridgehead atoms. The van der Waals surface area contributed by atoms with Crippen molar-refractivity contribution in [1.29, 1.82) is 0 Å². The minimum absolute atomic E-state index is 0.525. The number of rotatable bonds is 3. The monoisotopic (exact) mass is 235 g/mol. The lowest BCUT2D eigenvalue weighted by atomic mass is 9.85. The largest absolute Gasteiger partial charge is 0.389 e. The highest BCUT2D eigenvalue weighted by Gasteiger charge is 2.31. The quantitative estimate of drug-likeness (QED) is 0.822. The standard InChI is InChI=1S/C13H21N3O/c1-2-16-7-4-13(17,5-8-16)10-11-3-6-15-12(14)9-11/h3,6,9,17H,2,4-5,7-8,10H2,1H3,(H2,14,15). The molecule has 0 aromatic carbocycles. The second-order valence-corrected chi connectivity index (χ2v) is 4.92. The molecule has 17 heavy (non-hydrogen) atoms. The van der Waals surface area contributed by atoms with Gasteiger partial charge in [-0.05, 0) is 37.1 Å². The summed E-state index contributed by atoms with van der Waals surface area (Å²) in [7, 11) is 0. The summed E-state index contributed by atoms with van der Waals surface area (Å²) in [5.41, 5.74) is 6.15. The summed E-state index contributed by atoms with van der Waals surface area (Å²) >= 11 is 0.